The number of methoxy groups -OCH3 is 1. The van der Waals surface area contributed by atoms with E-state index in [1.807, 2.05) is 37.3 Å². The molecule has 2 aromatic rings. The van der Waals surface area contributed by atoms with Crippen molar-refractivity contribution in [2.45, 2.75) is 6.92 Å². The predicted octanol–water partition coefficient (Wildman–Crippen LogP) is 2.12. The number of carbonyl (C=O) groups excluding carboxylic acids is 1. The minimum Gasteiger partial charge on any atom is -0.383 e. The molecule has 1 aromatic heterocycles. The Morgan fingerprint density at radius 3 is 2.95 bits per heavy atom. The van der Waals surface area contributed by atoms with Gasteiger partial charge in [-0.3, -0.25) is 4.79 Å². The van der Waals surface area contributed by atoms with Gasteiger partial charge in [-0.05, 0) is 25.1 Å². The van der Waals surface area contributed by atoms with E-state index < -0.39 is 0 Å². The number of rotatable bonds is 7. The van der Waals surface area contributed by atoms with Crippen molar-refractivity contribution in [3.8, 4) is 5.69 Å². The smallest absolute Gasteiger partial charge is 0.239 e. The Kier molecular flexibility index (Phi) is 6.11. The topological polar surface area (TPSA) is 68.2 Å². The highest BCUT2D eigenvalue weighted by Crippen LogP contribution is 2.20. The molecule has 1 heterocycles. The highest BCUT2D eigenvalue weighted by atomic mass is 79.9. The lowest BCUT2D eigenvalue weighted by molar-refractivity contribution is -0.115. The number of carbonyl (C=O) groups is 1. The maximum absolute atomic E-state index is 12.0. The molecule has 0 aliphatic carbocycles. The molecule has 0 aliphatic heterocycles. The average Bonchev–Trinajstić information content (AvgIpc) is 2.84. The van der Waals surface area contributed by atoms with Crippen molar-refractivity contribution in [3.05, 3.63) is 40.5 Å². The molecule has 0 spiro atoms. The standard InChI is InChI=1S/C15H19BrN4O2/c1-11-8-14(18-15(21)10-17-6-7-22-2)20(19-11)13-5-3-4-12(16)9-13/h3-5,8-9,17H,6-7,10H2,1-2H3,(H,18,21). The molecule has 0 saturated heterocycles. The second-order valence-electron chi connectivity index (χ2n) is 4.78. The van der Waals surface area contributed by atoms with Crippen molar-refractivity contribution >= 4 is 27.7 Å². The third-order valence-electron chi connectivity index (χ3n) is 2.92. The maximum atomic E-state index is 12.0. The average molecular weight is 367 g/mol. The van der Waals surface area contributed by atoms with Gasteiger partial charge in [-0.15, -0.1) is 0 Å². The van der Waals surface area contributed by atoms with Crippen LogP contribution < -0.4 is 10.6 Å². The van der Waals surface area contributed by atoms with Crippen LogP contribution in [-0.2, 0) is 9.53 Å². The summed E-state index contributed by atoms with van der Waals surface area (Å²) in [5, 5.41) is 10.3. The van der Waals surface area contributed by atoms with Crippen LogP contribution in [0, 0.1) is 6.92 Å². The van der Waals surface area contributed by atoms with Crippen LogP contribution in [-0.4, -0.2) is 42.5 Å². The third-order valence-corrected chi connectivity index (χ3v) is 3.41. The van der Waals surface area contributed by atoms with Gasteiger partial charge in [0.2, 0.25) is 5.91 Å². The van der Waals surface area contributed by atoms with Crippen LogP contribution in [0.2, 0.25) is 0 Å². The molecule has 6 nitrogen and oxygen atoms in total. The van der Waals surface area contributed by atoms with E-state index >= 15 is 0 Å². The monoisotopic (exact) mass is 366 g/mol. The van der Waals surface area contributed by atoms with Gasteiger partial charge in [0.25, 0.3) is 0 Å². The van der Waals surface area contributed by atoms with Crippen LogP contribution in [0.4, 0.5) is 5.82 Å². The number of aryl methyl sites for hydroxylation is 1. The first-order chi connectivity index (χ1) is 10.6. The molecule has 2 rings (SSSR count). The van der Waals surface area contributed by atoms with E-state index in [2.05, 4.69) is 31.7 Å². The number of amides is 1. The molecule has 0 unspecified atom stereocenters. The first-order valence-electron chi connectivity index (χ1n) is 6.92. The molecule has 2 N–H and O–H groups in total. The fourth-order valence-electron chi connectivity index (χ4n) is 1.96. The number of hydrogen-bond donors (Lipinski definition) is 2. The second kappa shape index (κ2) is 8.07. The molecular formula is C15H19BrN4O2. The Balaban J connectivity index is 2.07. The Labute approximate surface area is 138 Å². The van der Waals surface area contributed by atoms with Crippen LogP contribution in [0.3, 0.4) is 0 Å². The van der Waals surface area contributed by atoms with E-state index in [-0.39, 0.29) is 12.5 Å². The molecule has 0 bridgehead atoms. The largest absolute Gasteiger partial charge is 0.383 e. The third kappa shape index (κ3) is 4.66. The molecule has 118 valence electrons. The number of nitrogens with one attached hydrogen (secondary N) is 2. The number of benzene rings is 1. The molecule has 1 aromatic carbocycles. The minimum atomic E-state index is -0.118. The van der Waals surface area contributed by atoms with Crippen molar-refractivity contribution in [3.63, 3.8) is 0 Å². The summed E-state index contributed by atoms with van der Waals surface area (Å²) in [6.45, 7) is 3.32. The van der Waals surface area contributed by atoms with Gasteiger partial charge >= 0.3 is 0 Å². The number of ether oxygens (including phenoxy) is 1. The van der Waals surface area contributed by atoms with Crippen molar-refractivity contribution in [2.24, 2.45) is 0 Å². The van der Waals surface area contributed by atoms with E-state index in [1.54, 1.807) is 11.8 Å². The Morgan fingerprint density at radius 2 is 2.23 bits per heavy atom. The molecular weight excluding hydrogens is 348 g/mol. The van der Waals surface area contributed by atoms with Gasteiger partial charge in [0, 0.05) is 24.2 Å². The lowest BCUT2D eigenvalue weighted by Gasteiger charge is -2.09. The molecule has 0 aliphatic rings. The quantitative estimate of drug-likeness (QED) is 0.736. The van der Waals surface area contributed by atoms with Crippen molar-refractivity contribution in [1.82, 2.24) is 15.1 Å². The zero-order chi connectivity index (χ0) is 15.9. The van der Waals surface area contributed by atoms with Crippen LogP contribution in [0.15, 0.2) is 34.8 Å². The highest BCUT2D eigenvalue weighted by Gasteiger charge is 2.11. The van der Waals surface area contributed by atoms with Crippen molar-refractivity contribution < 1.29 is 9.53 Å². The summed E-state index contributed by atoms with van der Waals surface area (Å²) in [6.07, 6.45) is 0. The summed E-state index contributed by atoms with van der Waals surface area (Å²) in [5.74, 6) is 0.529. The fourth-order valence-corrected chi connectivity index (χ4v) is 2.34. The number of aromatic nitrogens is 2. The number of halogens is 1. The van der Waals surface area contributed by atoms with Crippen LogP contribution >= 0.6 is 15.9 Å². The number of nitrogens with zero attached hydrogens (tertiary/aromatic N) is 2. The molecule has 0 radical (unpaired) electrons. The second-order valence-corrected chi connectivity index (χ2v) is 5.70. The van der Waals surface area contributed by atoms with Crippen LogP contribution in [0.1, 0.15) is 5.69 Å². The maximum Gasteiger partial charge on any atom is 0.239 e. The van der Waals surface area contributed by atoms with Crippen molar-refractivity contribution in [2.75, 3.05) is 32.1 Å². The zero-order valence-electron chi connectivity index (χ0n) is 12.6. The van der Waals surface area contributed by atoms with E-state index in [1.165, 1.54) is 0 Å². The van der Waals surface area contributed by atoms with Crippen LogP contribution in [0.25, 0.3) is 5.69 Å². The molecule has 7 heteroatoms. The lowest BCUT2D eigenvalue weighted by Crippen LogP contribution is -2.30. The molecule has 1 amide bonds. The molecule has 0 saturated carbocycles. The predicted molar refractivity (Wildman–Crippen MR) is 89.4 cm³/mol. The van der Waals surface area contributed by atoms with E-state index in [4.69, 9.17) is 4.74 Å². The number of anilines is 1. The Hall–Kier alpha value is -1.70. The van der Waals surface area contributed by atoms with Gasteiger partial charge < -0.3 is 15.4 Å². The van der Waals surface area contributed by atoms with Gasteiger partial charge in [0.15, 0.2) is 0 Å². The summed E-state index contributed by atoms with van der Waals surface area (Å²) in [7, 11) is 1.63. The molecule has 0 atom stereocenters. The normalized spacial score (nSPS) is 10.7. The van der Waals surface area contributed by atoms with Crippen LogP contribution in [0.5, 0.6) is 0 Å². The number of hydrogen-bond acceptors (Lipinski definition) is 4. The summed E-state index contributed by atoms with van der Waals surface area (Å²) in [6, 6.07) is 9.59. The summed E-state index contributed by atoms with van der Waals surface area (Å²) >= 11 is 3.44. The van der Waals surface area contributed by atoms with Gasteiger partial charge in [-0.2, -0.15) is 5.10 Å². The van der Waals surface area contributed by atoms with E-state index in [9.17, 15) is 4.79 Å². The summed E-state index contributed by atoms with van der Waals surface area (Å²) in [4.78, 5) is 12.0. The first-order valence-corrected chi connectivity index (χ1v) is 7.71. The molecule has 22 heavy (non-hydrogen) atoms. The summed E-state index contributed by atoms with van der Waals surface area (Å²) in [5.41, 5.74) is 1.72. The van der Waals surface area contributed by atoms with Gasteiger partial charge in [-0.1, -0.05) is 22.0 Å². The fraction of sp³-hybridized carbons (Fsp3) is 0.333. The van der Waals surface area contributed by atoms with Crippen molar-refractivity contribution in [1.29, 1.82) is 0 Å². The Bertz CT molecular complexity index is 642. The zero-order valence-corrected chi connectivity index (χ0v) is 14.2. The summed E-state index contributed by atoms with van der Waals surface area (Å²) < 4.78 is 7.59. The molecule has 0 fully saturated rings. The van der Waals surface area contributed by atoms with E-state index in [0.717, 1.165) is 15.9 Å². The van der Waals surface area contributed by atoms with Gasteiger partial charge in [0.1, 0.15) is 5.82 Å². The highest BCUT2D eigenvalue weighted by molar-refractivity contribution is 9.10. The van der Waals surface area contributed by atoms with Gasteiger partial charge in [0.05, 0.1) is 24.5 Å². The Morgan fingerprint density at radius 1 is 1.41 bits per heavy atom. The first kappa shape index (κ1) is 16.7. The van der Waals surface area contributed by atoms with E-state index in [0.29, 0.717) is 19.0 Å². The lowest BCUT2D eigenvalue weighted by atomic mass is 10.3. The van der Waals surface area contributed by atoms with Gasteiger partial charge in [-0.25, -0.2) is 4.68 Å². The SMILES string of the molecule is COCCNCC(=O)Nc1cc(C)nn1-c1cccc(Br)c1. The minimum absolute atomic E-state index is 0.118.